The lowest BCUT2D eigenvalue weighted by Crippen LogP contribution is -2.01. The molecule has 3 aromatic rings. The number of nitrogens with zero attached hydrogens (tertiary/aromatic N) is 1. The fraction of sp³-hybridized carbons (Fsp3) is 0.0588. The van der Waals surface area contributed by atoms with Gasteiger partial charge in [-0.05, 0) is 36.1 Å². The zero-order valence-corrected chi connectivity index (χ0v) is 12.2. The molecule has 3 nitrogen and oxygen atoms in total. The molecule has 0 bridgehead atoms. The Bertz CT molecular complexity index is 879. The third-order valence-corrected chi connectivity index (χ3v) is 4.17. The van der Waals surface area contributed by atoms with E-state index in [0.717, 1.165) is 21.3 Å². The first kappa shape index (κ1) is 13.3. The van der Waals surface area contributed by atoms with E-state index >= 15 is 0 Å². The molecule has 2 aromatic heterocycles. The van der Waals surface area contributed by atoms with E-state index in [9.17, 15) is 10.1 Å². The fourth-order valence-electron chi connectivity index (χ4n) is 2.36. The van der Waals surface area contributed by atoms with E-state index in [-0.39, 0.29) is 11.4 Å². The number of Topliss-reactive ketones (excluding diaryl/α,β-unsaturated/α-hetero) is 1. The van der Waals surface area contributed by atoms with Gasteiger partial charge in [0.25, 0.3) is 0 Å². The minimum Gasteiger partial charge on any atom is -0.360 e. The summed E-state index contributed by atoms with van der Waals surface area (Å²) < 4.78 is 0. The number of ketones is 1. The van der Waals surface area contributed by atoms with Crippen molar-refractivity contribution in [2.24, 2.45) is 0 Å². The minimum absolute atomic E-state index is 0.154. The predicted molar refractivity (Wildman–Crippen MR) is 85.3 cm³/mol. The zero-order chi connectivity index (χ0) is 14.8. The lowest BCUT2D eigenvalue weighted by Gasteiger charge is -2.00. The Morgan fingerprint density at radius 2 is 2.19 bits per heavy atom. The highest BCUT2D eigenvalue weighted by Gasteiger charge is 2.17. The average Bonchev–Trinajstić information content (AvgIpc) is 3.14. The second kappa shape index (κ2) is 5.39. The first-order chi connectivity index (χ1) is 10.2. The number of H-pyrrole nitrogens is 1. The van der Waals surface area contributed by atoms with Gasteiger partial charge in [-0.1, -0.05) is 18.2 Å². The molecule has 21 heavy (non-hydrogen) atoms. The van der Waals surface area contributed by atoms with Gasteiger partial charge in [-0.15, -0.1) is 11.3 Å². The Morgan fingerprint density at radius 3 is 2.90 bits per heavy atom. The molecule has 0 aliphatic rings. The number of aryl methyl sites for hydroxylation is 1. The normalized spacial score (nSPS) is 11.5. The van der Waals surface area contributed by atoms with Crippen molar-refractivity contribution in [2.45, 2.75) is 6.92 Å². The van der Waals surface area contributed by atoms with Gasteiger partial charge in [0, 0.05) is 27.5 Å². The molecule has 0 spiro atoms. The number of carbonyl (C=O) groups excluding carboxylic acids is 1. The topological polar surface area (TPSA) is 56.6 Å². The third-order valence-electron chi connectivity index (χ3n) is 3.35. The summed E-state index contributed by atoms with van der Waals surface area (Å²) in [5.74, 6) is -0.244. The predicted octanol–water partition coefficient (Wildman–Crippen LogP) is 4.33. The van der Waals surface area contributed by atoms with E-state index in [1.165, 1.54) is 11.3 Å². The lowest BCUT2D eigenvalue weighted by molar-refractivity contribution is 0.104. The van der Waals surface area contributed by atoms with E-state index in [1.807, 2.05) is 48.7 Å². The number of nitrogens with one attached hydrogen (secondary N) is 1. The maximum absolute atomic E-state index is 12.6. The molecule has 0 radical (unpaired) electrons. The Hall–Kier alpha value is -2.64. The van der Waals surface area contributed by atoms with Crippen molar-refractivity contribution >= 4 is 34.1 Å². The minimum atomic E-state index is -0.244. The summed E-state index contributed by atoms with van der Waals surface area (Å²) in [6, 6.07) is 11.6. The number of nitriles is 1. The molecule has 0 atom stereocenters. The van der Waals surface area contributed by atoms with E-state index in [4.69, 9.17) is 0 Å². The van der Waals surface area contributed by atoms with Crippen molar-refractivity contribution in [3.8, 4) is 6.07 Å². The molecule has 0 unspecified atom stereocenters. The van der Waals surface area contributed by atoms with Crippen LogP contribution in [0.1, 0.15) is 20.8 Å². The van der Waals surface area contributed by atoms with Crippen LogP contribution in [0, 0.1) is 18.3 Å². The Morgan fingerprint density at radius 1 is 1.33 bits per heavy atom. The summed E-state index contributed by atoms with van der Waals surface area (Å²) in [6.45, 7) is 1.96. The number of benzene rings is 1. The maximum Gasteiger partial charge on any atom is 0.205 e. The number of rotatable bonds is 3. The molecule has 0 aliphatic carbocycles. The Balaban J connectivity index is 2.10. The van der Waals surface area contributed by atoms with E-state index in [0.29, 0.717) is 5.56 Å². The van der Waals surface area contributed by atoms with E-state index in [1.54, 1.807) is 12.3 Å². The highest BCUT2D eigenvalue weighted by molar-refractivity contribution is 7.10. The molecular weight excluding hydrogens is 280 g/mol. The molecule has 102 valence electrons. The highest BCUT2D eigenvalue weighted by atomic mass is 32.1. The van der Waals surface area contributed by atoms with Gasteiger partial charge in [-0.3, -0.25) is 4.79 Å². The molecule has 2 heterocycles. The second-order valence-corrected chi connectivity index (χ2v) is 5.69. The molecule has 1 N–H and O–H groups in total. The van der Waals surface area contributed by atoms with Gasteiger partial charge >= 0.3 is 0 Å². The number of carbonyl (C=O) groups is 1. The summed E-state index contributed by atoms with van der Waals surface area (Å²) in [4.78, 5) is 16.6. The number of aromatic nitrogens is 1. The van der Waals surface area contributed by atoms with Crippen molar-refractivity contribution in [2.75, 3.05) is 0 Å². The molecule has 4 heteroatoms. The number of thiophene rings is 1. The van der Waals surface area contributed by atoms with Crippen LogP contribution in [0.3, 0.4) is 0 Å². The summed E-state index contributed by atoms with van der Waals surface area (Å²) in [6.07, 6.45) is 3.32. The standard InChI is InChI=1S/C17H12N2OS/c1-11-4-2-6-15-16(11)14(10-19-15)17(20)12(9-18)8-13-5-3-7-21-13/h2-8,10,19H,1H3/b12-8+. The van der Waals surface area contributed by atoms with Crippen molar-refractivity contribution in [3.05, 3.63) is 63.5 Å². The lowest BCUT2D eigenvalue weighted by atomic mass is 10.0. The van der Waals surface area contributed by atoms with Crippen LogP contribution in [0.15, 0.2) is 47.5 Å². The summed E-state index contributed by atoms with van der Waals surface area (Å²) in [7, 11) is 0. The van der Waals surface area contributed by atoms with E-state index < -0.39 is 0 Å². The van der Waals surface area contributed by atoms with Crippen LogP contribution in [0.25, 0.3) is 17.0 Å². The Kier molecular flexibility index (Phi) is 3.43. The van der Waals surface area contributed by atoms with Crippen LogP contribution in [0.4, 0.5) is 0 Å². The van der Waals surface area contributed by atoms with Crippen LogP contribution in [0.2, 0.25) is 0 Å². The SMILES string of the molecule is Cc1cccc2[nH]cc(C(=O)/C(C#N)=C/c3cccs3)c12. The molecule has 0 aliphatic heterocycles. The van der Waals surface area contributed by atoms with Crippen LogP contribution < -0.4 is 0 Å². The van der Waals surface area contributed by atoms with Crippen LogP contribution in [-0.4, -0.2) is 10.8 Å². The Labute approximate surface area is 126 Å². The maximum atomic E-state index is 12.6. The second-order valence-electron chi connectivity index (χ2n) is 4.71. The average molecular weight is 292 g/mol. The van der Waals surface area contributed by atoms with Gasteiger partial charge < -0.3 is 4.98 Å². The number of hydrogen-bond acceptors (Lipinski definition) is 3. The number of fused-ring (bicyclic) bond motifs is 1. The van der Waals surface area contributed by atoms with Crippen molar-refractivity contribution in [3.63, 3.8) is 0 Å². The fourth-order valence-corrected chi connectivity index (χ4v) is 3.01. The molecule has 0 fully saturated rings. The van der Waals surface area contributed by atoms with E-state index in [2.05, 4.69) is 4.98 Å². The highest BCUT2D eigenvalue weighted by Crippen LogP contribution is 2.25. The van der Waals surface area contributed by atoms with Gasteiger partial charge in [-0.2, -0.15) is 5.26 Å². The first-order valence-corrected chi connectivity index (χ1v) is 7.35. The molecule has 1 aromatic carbocycles. The van der Waals surface area contributed by atoms with Gasteiger partial charge in [0.05, 0.1) is 0 Å². The van der Waals surface area contributed by atoms with Crippen molar-refractivity contribution in [1.29, 1.82) is 5.26 Å². The summed E-state index contributed by atoms with van der Waals surface area (Å²) in [5.41, 5.74) is 2.63. The van der Waals surface area contributed by atoms with Crippen LogP contribution >= 0.6 is 11.3 Å². The summed E-state index contributed by atoms with van der Waals surface area (Å²) in [5, 5.41) is 12.1. The van der Waals surface area contributed by atoms with Gasteiger partial charge in [0.15, 0.2) is 0 Å². The van der Waals surface area contributed by atoms with Gasteiger partial charge in [0.1, 0.15) is 11.6 Å². The monoisotopic (exact) mass is 292 g/mol. The molecule has 0 saturated carbocycles. The number of allylic oxidation sites excluding steroid dienone is 1. The van der Waals surface area contributed by atoms with Gasteiger partial charge in [-0.25, -0.2) is 0 Å². The van der Waals surface area contributed by atoms with Crippen LogP contribution in [0.5, 0.6) is 0 Å². The zero-order valence-electron chi connectivity index (χ0n) is 11.4. The molecular formula is C17H12N2OS. The number of aromatic amines is 1. The molecule has 3 rings (SSSR count). The molecule has 0 amide bonds. The molecule has 0 saturated heterocycles. The third kappa shape index (κ3) is 2.39. The van der Waals surface area contributed by atoms with Gasteiger partial charge in [0.2, 0.25) is 5.78 Å². The first-order valence-electron chi connectivity index (χ1n) is 6.47. The summed E-state index contributed by atoms with van der Waals surface area (Å²) >= 11 is 1.50. The van der Waals surface area contributed by atoms with Crippen molar-refractivity contribution in [1.82, 2.24) is 4.98 Å². The largest absolute Gasteiger partial charge is 0.360 e. The smallest absolute Gasteiger partial charge is 0.205 e. The quantitative estimate of drug-likeness (QED) is 0.444. The number of hydrogen-bond donors (Lipinski definition) is 1. The van der Waals surface area contributed by atoms with Crippen LogP contribution in [-0.2, 0) is 0 Å². The van der Waals surface area contributed by atoms with Crippen molar-refractivity contribution < 1.29 is 4.79 Å².